The number of halogens is 3. The smallest absolute Gasteiger partial charge is 0.386 e. The normalized spacial score (nSPS) is 15.2. The largest absolute Gasteiger partial charge is 0.416 e. The summed E-state index contributed by atoms with van der Waals surface area (Å²) in [7, 11) is 0. The van der Waals surface area contributed by atoms with Crippen LogP contribution in [0.1, 0.15) is 34.8 Å². The van der Waals surface area contributed by atoms with Crippen LogP contribution in [0.2, 0.25) is 0 Å². The molecule has 0 atom stereocenters. The Labute approximate surface area is 176 Å². The maximum atomic E-state index is 13.3. The summed E-state index contributed by atoms with van der Waals surface area (Å²) in [5.74, 6) is -0.726. The van der Waals surface area contributed by atoms with Crippen LogP contribution in [0, 0.1) is 0 Å². The van der Waals surface area contributed by atoms with Gasteiger partial charge in [-0.3, -0.25) is 4.79 Å². The van der Waals surface area contributed by atoms with Crippen molar-refractivity contribution in [3.8, 4) is 22.5 Å². The number of nitrogens with one attached hydrogen (secondary N) is 1. The summed E-state index contributed by atoms with van der Waals surface area (Å²) in [6.07, 6.45) is -0.236. The number of hydrogen-bond donors (Lipinski definition) is 2. The second kappa shape index (κ2) is 8.56. The number of carbonyl (C=O) groups excluding carboxylic acids is 1. The van der Waals surface area contributed by atoms with Crippen LogP contribution >= 0.6 is 0 Å². The second-order valence-electron chi connectivity index (χ2n) is 7.27. The van der Waals surface area contributed by atoms with E-state index in [4.69, 9.17) is 0 Å². The Balaban J connectivity index is 1.99. The van der Waals surface area contributed by atoms with Gasteiger partial charge in [0.1, 0.15) is 18.6 Å². The number of rotatable bonds is 4. The zero-order valence-electron chi connectivity index (χ0n) is 16.4. The first kappa shape index (κ1) is 21.1. The minimum absolute atomic E-state index is 0.0752. The number of hydrogen-bond acceptors (Lipinski definition) is 6. The topological polar surface area (TPSA) is 92.9 Å². The number of aliphatic hydroxyl groups is 1. The van der Waals surface area contributed by atoms with E-state index in [0.29, 0.717) is 29.8 Å². The highest BCUT2D eigenvalue weighted by atomic mass is 19.4. The van der Waals surface area contributed by atoms with Gasteiger partial charge in [0.2, 0.25) is 0 Å². The summed E-state index contributed by atoms with van der Waals surface area (Å²) in [5, 5.41) is 17.1. The van der Waals surface area contributed by atoms with E-state index in [2.05, 4.69) is 20.4 Å². The fraction of sp³-hybridized carbons (Fsp3) is 0.333. The van der Waals surface area contributed by atoms with Crippen LogP contribution in [0.4, 0.5) is 13.2 Å². The van der Waals surface area contributed by atoms with Crippen LogP contribution < -0.4 is 5.32 Å². The van der Waals surface area contributed by atoms with Gasteiger partial charge in [-0.2, -0.15) is 18.3 Å². The van der Waals surface area contributed by atoms with Gasteiger partial charge < -0.3 is 10.4 Å². The molecule has 0 unspecified atom stereocenters. The van der Waals surface area contributed by atoms with E-state index in [-0.39, 0.29) is 17.2 Å². The van der Waals surface area contributed by atoms with Crippen LogP contribution in [0.3, 0.4) is 0 Å². The summed E-state index contributed by atoms with van der Waals surface area (Å²) >= 11 is 0. The molecule has 4 rings (SSSR count). The Morgan fingerprint density at radius 3 is 2.65 bits per heavy atom. The fourth-order valence-corrected chi connectivity index (χ4v) is 3.90. The van der Waals surface area contributed by atoms with Gasteiger partial charge in [-0.1, -0.05) is 12.1 Å². The van der Waals surface area contributed by atoms with Crippen LogP contribution in [0.15, 0.2) is 42.9 Å². The first-order valence-corrected chi connectivity index (χ1v) is 9.82. The van der Waals surface area contributed by atoms with E-state index < -0.39 is 24.3 Å². The molecule has 1 fully saturated rings. The van der Waals surface area contributed by atoms with E-state index in [1.165, 1.54) is 24.7 Å². The molecular formula is C21H20F3N5O2. The van der Waals surface area contributed by atoms with Crippen LogP contribution in [0.5, 0.6) is 0 Å². The van der Waals surface area contributed by atoms with Gasteiger partial charge in [0.05, 0.1) is 22.5 Å². The minimum Gasteiger partial charge on any atom is -0.386 e. The van der Waals surface area contributed by atoms with E-state index >= 15 is 0 Å². The van der Waals surface area contributed by atoms with Crippen molar-refractivity contribution in [1.82, 2.24) is 25.1 Å². The zero-order valence-corrected chi connectivity index (χ0v) is 16.4. The van der Waals surface area contributed by atoms with Crippen LogP contribution in [0.25, 0.3) is 22.5 Å². The molecule has 1 aliphatic rings. The molecule has 1 saturated heterocycles. The average molecular weight is 431 g/mol. The van der Waals surface area contributed by atoms with E-state index in [0.717, 1.165) is 29.9 Å². The van der Waals surface area contributed by atoms with E-state index in [9.17, 15) is 23.1 Å². The molecule has 0 spiro atoms. The molecule has 7 nitrogen and oxygen atoms in total. The Morgan fingerprint density at radius 1 is 1.23 bits per heavy atom. The molecule has 31 heavy (non-hydrogen) atoms. The fourth-order valence-electron chi connectivity index (χ4n) is 3.90. The van der Waals surface area contributed by atoms with Gasteiger partial charge >= 0.3 is 6.18 Å². The Hall–Kier alpha value is -3.11. The minimum atomic E-state index is -4.52. The van der Waals surface area contributed by atoms with Crippen molar-refractivity contribution in [2.24, 2.45) is 0 Å². The average Bonchev–Trinajstić information content (AvgIpc) is 3.20. The highest BCUT2D eigenvalue weighted by Gasteiger charge is 2.33. The molecule has 1 aliphatic heterocycles. The highest BCUT2D eigenvalue weighted by Crippen LogP contribution is 2.41. The summed E-state index contributed by atoms with van der Waals surface area (Å²) in [4.78, 5) is 20.8. The Kier molecular flexibility index (Phi) is 5.84. The maximum absolute atomic E-state index is 13.3. The standard InChI is InChI=1S/C21H20F3N5O2/c22-21(23,24)15-3-1-2-14(10-15)19-18(16-6-9-26-12-27-16)20(13-4-7-25-8-5-13)29(28-19)17(31)11-30/h1-3,6,9-10,12-13,25,30H,4-5,7-8,11H2. The molecular weight excluding hydrogens is 411 g/mol. The molecule has 0 bridgehead atoms. The summed E-state index contributed by atoms with van der Waals surface area (Å²) < 4.78 is 41.1. The van der Waals surface area contributed by atoms with Gasteiger partial charge in [-0.05, 0) is 44.1 Å². The lowest BCUT2D eigenvalue weighted by Crippen LogP contribution is -2.29. The van der Waals surface area contributed by atoms with Crippen LogP contribution in [-0.4, -0.2) is 50.5 Å². The van der Waals surface area contributed by atoms with Crippen molar-refractivity contribution in [1.29, 1.82) is 0 Å². The van der Waals surface area contributed by atoms with Gasteiger partial charge in [0, 0.05) is 17.7 Å². The number of aliphatic hydroxyl groups excluding tert-OH is 1. The lowest BCUT2D eigenvalue weighted by Gasteiger charge is -2.24. The number of benzene rings is 1. The Morgan fingerprint density at radius 2 is 2.00 bits per heavy atom. The lowest BCUT2D eigenvalue weighted by atomic mass is 9.89. The molecule has 3 aromatic rings. The van der Waals surface area contributed by atoms with Crippen molar-refractivity contribution < 1.29 is 23.1 Å². The first-order valence-electron chi connectivity index (χ1n) is 9.82. The zero-order chi connectivity index (χ0) is 22.0. The number of carbonyl (C=O) groups is 1. The van der Waals surface area contributed by atoms with Crippen LogP contribution in [-0.2, 0) is 6.18 Å². The molecule has 10 heteroatoms. The molecule has 2 aromatic heterocycles. The molecule has 0 amide bonds. The van der Waals surface area contributed by atoms with Crippen molar-refractivity contribution in [3.05, 3.63) is 54.1 Å². The monoisotopic (exact) mass is 431 g/mol. The summed E-state index contributed by atoms with van der Waals surface area (Å²) in [6, 6.07) is 6.44. The van der Waals surface area contributed by atoms with Crippen molar-refractivity contribution >= 4 is 5.91 Å². The van der Waals surface area contributed by atoms with Gasteiger partial charge in [0.25, 0.3) is 5.91 Å². The molecule has 2 N–H and O–H groups in total. The second-order valence-corrected chi connectivity index (χ2v) is 7.27. The van der Waals surface area contributed by atoms with E-state index in [1.54, 1.807) is 6.07 Å². The third-order valence-corrected chi connectivity index (χ3v) is 5.32. The third kappa shape index (κ3) is 4.21. The molecule has 3 heterocycles. The predicted octanol–water partition coefficient (Wildman–Crippen LogP) is 3.13. The van der Waals surface area contributed by atoms with Crippen molar-refractivity contribution in [3.63, 3.8) is 0 Å². The predicted molar refractivity (Wildman–Crippen MR) is 106 cm³/mol. The summed E-state index contributed by atoms with van der Waals surface area (Å²) in [6.45, 7) is 0.682. The molecule has 162 valence electrons. The number of alkyl halides is 3. The van der Waals surface area contributed by atoms with E-state index in [1.807, 2.05) is 0 Å². The Bertz CT molecular complexity index is 1080. The van der Waals surface area contributed by atoms with Crippen molar-refractivity contribution in [2.45, 2.75) is 24.9 Å². The van der Waals surface area contributed by atoms with Gasteiger partial charge in [-0.15, -0.1) is 0 Å². The molecule has 0 saturated carbocycles. The molecule has 0 aliphatic carbocycles. The van der Waals surface area contributed by atoms with Gasteiger partial charge in [0.15, 0.2) is 0 Å². The lowest BCUT2D eigenvalue weighted by molar-refractivity contribution is -0.137. The number of nitrogens with zero attached hydrogens (tertiary/aromatic N) is 4. The number of aromatic nitrogens is 4. The third-order valence-electron chi connectivity index (χ3n) is 5.32. The summed E-state index contributed by atoms with van der Waals surface area (Å²) in [5.41, 5.74) is 1.09. The highest BCUT2D eigenvalue weighted by molar-refractivity contribution is 5.88. The SMILES string of the molecule is O=C(CO)n1nc(-c2cccc(C(F)(F)F)c2)c(-c2ccncn2)c1C1CCNCC1. The first-order chi connectivity index (χ1) is 14.9. The quantitative estimate of drug-likeness (QED) is 0.660. The number of piperidine rings is 1. The molecule has 1 aromatic carbocycles. The van der Waals surface area contributed by atoms with Crippen molar-refractivity contribution in [2.75, 3.05) is 19.7 Å². The molecule has 0 radical (unpaired) electrons. The maximum Gasteiger partial charge on any atom is 0.416 e. The van der Waals surface area contributed by atoms with Gasteiger partial charge in [-0.25, -0.2) is 14.6 Å².